The quantitative estimate of drug-likeness (QED) is 0.661. The molecule has 1 aromatic rings. The van der Waals surface area contributed by atoms with Gasteiger partial charge in [-0.1, -0.05) is 39.5 Å². The number of rotatable bonds is 8. The van der Waals surface area contributed by atoms with Gasteiger partial charge in [-0.25, -0.2) is 4.68 Å². The van der Waals surface area contributed by atoms with Crippen LogP contribution in [0.5, 0.6) is 0 Å². The summed E-state index contributed by atoms with van der Waals surface area (Å²) < 4.78 is 2.09. The van der Waals surface area contributed by atoms with E-state index in [4.69, 9.17) is 0 Å². The molecular formula is C20H39ClN6. The molecule has 1 aliphatic heterocycles. The van der Waals surface area contributed by atoms with Crippen LogP contribution in [0.1, 0.15) is 90.9 Å². The zero-order valence-electron chi connectivity index (χ0n) is 17.7. The van der Waals surface area contributed by atoms with Gasteiger partial charge >= 0.3 is 0 Å². The van der Waals surface area contributed by atoms with Crippen LogP contribution in [0, 0.1) is 0 Å². The summed E-state index contributed by atoms with van der Waals surface area (Å²) in [6, 6.07) is 1.19. The van der Waals surface area contributed by atoms with Gasteiger partial charge in [-0.15, -0.1) is 17.5 Å². The van der Waals surface area contributed by atoms with Gasteiger partial charge in [0, 0.05) is 32.2 Å². The van der Waals surface area contributed by atoms with Crippen LogP contribution in [-0.2, 0) is 5.54 Å². The van der Waals surface area contributed by atoms with Crippen LogP contribution in [0.4, 0.5) is 0 Å². The molecule has 0 radical (unpaired) electrons. The number of nitrogens with zero attached hydrogens (tertiary/aromatic N) is 6. The highest BCUT2D eigenvalue weighted by Gasteiger charge is 2.34. The van der Waals surface area contributed by atoms with Crippen molar-refractivity contribution in [3.8, 4) is 0 Å². The molecule has 0 spiro atoms. The number of hydrogen-bond donors (Lipinski definition) is 0. The van der Waals surface area contributed by atoms with Crippen LogP contribution in [-0.4, -0.2) is 62.2 Å². The first-order valence-electron chi connectivity index (χ1n) is 10.8. The van der Waals surface area contributed by atoms with E-state index < -0.39 is 0 Å². The van der Waals surface area contributed by atoms with E-state index in [0.717, 1.165) is 37.8 Å². The minimum absolute atomic E-state index is 0. The van der Waals surface area contributed by atoms with Crippen molar-refractivity contribution in [1.29, 1.82) is 0 Å². The van der Waals surface area contributed by atoms with Crippen molar-refractivity contribution < 1.29 is 0 Å². The third-order valence-electron chi connectivity index (χ3n) is 6.69. The second kappa shape index (κ2) is 10.2. The Kier molecular flexibility index (Phi) is 8.50. The Balaban J connectivity index is 0.00000261. The first-order valence-corrected chi connectivity index (χ1v) is 10.8. The molecule has 27 heavy (non-hydrogen) atoms. The first-order chi connectivity index (χ1) is 12.6. The number of piperazine rings is 1. The molecular weight excluding hydrogens is 360 g/mol. The molecule has 1 unspecified atom stereocenters. The van der Waals surface area contributed by atoms with Gasteiger partial charge in [-0.3, -0.25) is 9.80 Å². The average molecular weight is 399 g/mol. The van der Waals surface area contributed by atoms with Gasteiger partial charge in [-0.2, -0.15) is 0 Å². The molecule has 1 atom stereocenters. The fraction of sp³-hybridized carbons (Fsp3) is 0.950. The number of hydrogen-bond acceptors (Lipinski definition) is 5. The van der Waals surface area contributed by atoms with Crippen molar-refractivity contribution in [1.82, 2.24) is 30.0 Å². The van der Waals surface area contributed by atoms with Crippen LogP contribution in [0.2, 0.25) is 0 Å². The Morgan fingerprint density at radius 1 is 1.07 bits per heavy atom. The molecule has 2 heterocycles. The van der Waals surface area contributed by atoms with E-state index >= 15 is 0 Å². The highest BCUT2D eigenvalue weighted by molar-refractivity contribution is 5.85. The van der Waals surface area contributed by atoms with Crippen LogP contribution in [0.15, 0.2) is 0 Å². The van der Waals surface area contributed by atoms with Crippen molar-refractivity contribution in [3.05, 3.63) is 5.82 Å². The average Bonchev–Trinajstić information content (AvgIpc) is 3.35. The predicted molar refractivity (Wildman–Crippen MR) is 112 cm³/mol. The third kappa shape index (κ3) is 5.21. The van der Waals surface area contributed by atoms with E-state index in [0.29, 0.717) is 6.04 Å². The molecule has 1 aromatic heterocycles. The zero-order valence-corrected chi connectivity index (χ0v) is 18.5. The van der Waals surface area contributed by atoms with Gasteiger partial charge < -0.3 is 0 Å². The minimum Gasteiger partial charge on any atom is -0.298 e. The Morgan fingerprint density at radius 3 is 2.33 bits per heavy atom. The highest BCUT2D eigenvalue weighted by Crippen LogP contribution is 2.31. The Labute approximate surface area is 171 Å². The van der Waals surface area contributed by atoms with E-state index in [-0.39, 0.29) is 17.9 Å². The standard InChI is InChI=1S/C20H38N6.ClH/c1-5-7-12-18(19-21-22-23-26(19)20(3,4)6-2)25-15-13-24(14-16-25)17-10-8-9-11-17;/h17-18H,5-16H2,1-4H3;1H. The van der Waals surface area contributed by atoms with Crippen LogP contribution < -0.4 is 0 Å². The normalized spacial score (nSPS) is 21.3. The van der Waals surface area contributed by atoms with E-state index in [1.165, 1.54) is 51.6 Å². The number of unbranched alkanes of at least 4 members (excludes halogenated alkanes) is 1. The number of halogens is 1. The lowest BCUT2D eigenvalue weighted by Gasteiger charge is -2.41. The van der Waals surface area contributed by atoms with Crippen molar-refractivity contribution in [2.75, 3.05) is 26.2 Å². The predicted octanol–water partition coefficient (Wildman–Crippen LogP) is 4.03. The van der Waals surface area contributed by atoms with E-state index in [9.17, 15) is 0 Å². The smallest absolute Gasteiger partial charge is 0.168 e. The summed E-state index contributed by atoms with van der Waals surface area (Å²) in [6.07, 6.45) is 10.3. The lowest BCUT2D eigenvalue weighted by Crippen LogP contribution is -2.51. The van der Waals surface area contributed by atoms with E-state index in [1.807, 2.05) is 0 Å². The molecule has 1 saturated carbocycles. The lowest BCUT2D eigenvalue weighted by atomic mass is 10.00. The second-order valence-electron chi connectivity index (χ2n) is 8.78. The van der Waals surface area contributed by atoms with Crippen molar-refractivity contribution >= 4 is 12.4 Å². The van der Waals surface area contributed by atoms with Crippen LogP contribution in [0.3, 0.4) is 0 Å². The van der Waals surface area contributed by atoms with Gasteiger partial charge in [-0.05, 0) is 50.0 Å². The van der Waals surface area contributed by atoms with Crippen molar-refractivity contribution in [2.24, 2.45) is 0 Å². The first kappa shape index (κ1) is 22.6. The second-order valence-corrected chi connectivity index (χ2v) is 8.78. The number of aromatic nitrogens is 4. The summed E-state index contributed by atoms with van der Waals surface area (Å²) in [7, 11) is 0. The Morgan fingerprint density at radius 2 is 1.74 bits per heavy atom. The van der Waals surface area contributed by atoms with Gasteiger partial charge in [0.25, 0.3) is 0 Å². The molecule has 0 N–H and O–H groups in total. The van der Waals surface area contributed by atoms with Gasteiger partial charge in [0.05, 0.1) is 11.6 Å². The molecule has 0 aromatic carbocycles. The molecule has 7 heteroatoms. The molecule has 156 valence electrons. The van der Waals surface area contributed by atoms with E-state index in [2.05, 4.69) is 57.7 Å². The highest BCUT2D eigenvalue weighted by atomic mass is 35.5. The maximum Gasteiger partial charge on any atom is 0.168 e. The molecule has 0 bridgehead atoms. The van der Waals surface area contributed by atoms with Gasteiger partial charge in [0.15, 0.2) is 5.82 Å². The lowest BCUT2D eigenvalue weighted by molar-refractivity contribution is 0.0599. The summed E-state index contributed by atoms with van der Waals surface area (Å²) in [5, 5.41) is 12.9. The summed E-state index contributed by atoms with van der Waals surface area (Å²) in [5.74, 6) is 1.07. The molecule has 1 saturated heterocycles. The summed E-state index contributed by atoms with van der Waals surface area (Å²) in [6.45, 7) is 13.6. The van der Waals surface area contributed by atoms with Gasteiger partial charge in [0.1, 0.15) is 0 Å². The third-order valence-corrected chi connectivity index (χ3v) is 6.69. The topological polar surface area (TPSA) is 50.1 Å². The minimum atomic E-state index is -0.0328. The monoisotopic (exact) mass is 398 g/mol. The SMILES string of the molecule is CCCCC(c1nnnn1C(C)(C)CC)N1CCN(C2CCCC2)CC1.Cl. The fourth-order valence-corrected chi connectivity index (χ4v) is 4.54. The van der Waals surface area contributed by atoms with Gasteiger partial charge in [0.2, 0.25) is 0 Å². The molecule has 6 nitrogen and oxygen atoms in total. The maximum absolute atomic E-state index is 4.50. The van der Waals surface area contributed by atoms with E-state index in [1.54, 1.807) is 0 Å². The molecule has 0 amide bonds. The van der Waals surface area contributed by atoms with Crippen LogP contribution in [0.25, 0.3) is 0 Å². The molecule has 2 fully saturated rings. The summed E-state index contributed by atoms with van der Waals surface area (Å²) in [4.78, 5) is 5.38. The fourth-order valence-electron chi connectivity index (χ4n) is 4.54. The Bertz CT molecular complexity index is 546. The molecule has 3 rings (SSSR count). The van der Waals surface area contributed by atoms with Crippen LogP contribution >= 0.6 is 12.4 Å². The largest absolute Gasteiger partial charge is 0.298 e. The molecule has 2 aliphatic rings. The molecule has 1 aliphatic carbocycles. The summed E-state index contributed by atoms with van der Waals surface area (Å²) >= 11 is 0. The summed E-state index contributed by atoms with van der Waals surface area (Å²) in [5.41, 5.74) is -0.0328. The van der Waals surface area contributed by atoms with Crippen molar-refractivity contribution in [2.45, 2.75) is 96.7 Å². The Hall–Kier alpha value is -0.720. The maximum atomic E-state index is 4.50. The number of tetrazole rings is 1. The van der Waals surface area contributed by atoms with Crippen molar-refractivity contribution in [3.63, 3.8) is 0 Å². The zero-order chi connectivity index (χ0) is 18.6.